The summed E-state index contributed by atoms with van der Waals surface area (Å²) in [5.41, 5.74) is 2.26. The second kappa shape index (κ2) is 9.40. The van der Waals surface area contributed by atoms with Crippen LogP contribution in [0.3, 0.4) is 0 Å². The van der Waals surface area contributed by atoms with Gasteiger partial charge in [0.25, 0.3) is 0 Å². The number of nitrogens with zero attached hydrogens (tertiary/aromatic N) is 2. The van der Waals surface area contributed by atoms with Crippen LogP contribution < -0.4 is 0 Å². The summed E-state index contributed by atoms with van der Waals surface area (Å²) < 4.78 is 5.24. The SMILES string of the molecule is [CH2]C(=O)N1C(Cc2ccccc2)CN(C(=O)OCC)CC1Cc1ccccc1. The van der Waals surface area contributed by atoms with Crippen molar-refractivity contribution in [1.29, 1.82) is 0 Å². The van der Waals surface area contributed by atoms with Crippen molar-refractivity contribution in [2.75, 3.05) is 19.7 Å². The largest absolute Gasteiger partial charge is 0.450 e. The lowest BCUT2D eigenvalue weighted by Crippen LogP contribution is -2.62. The second-order valence-electron chi connectivity index (χ2n) is 7.09. The maximum atomic E-state index is 12.5. The van der Waals surface area contributed by atoms with E-state index in [1.165, 1.54) is 0 Å². The number of hydrogen-bond acceptors (Lipinski definition) is 3. The van der Waals surface area contributed by atoms with Gasteiger partial charge in [0.1, 0.15) is 0 Å². The van der Waals surface area contributed by atoms with Gasteiger partial charge in [0.05, 0.1) is 18.7 Å². The summed E-state index contributed by atoms with van der Waals surface area (Å²) in [6.07, 6.45) is 1.02. The van der Waals surface area contributed by atoms with E-state index in [0.29, 0.717) is 32.5 Å². The zero-order valence-electron chi connectivity index (χ0n) is 16.3. The summed E-state index contributed by atoms with van der Waals surface area (Å²) in [6, 6.07) is 19.8. The Labute approximate surface area is 166 Å². The molecule has 0 N–H and O–H groups in total. The van der Waals surface area contributed by atoms with Gasteiger partial charge in [-0.1, -0.05) is 60.7 Å². The lowest BCUT2D eigenvalue weighted by molar-refractivity contribution is -0.134. The van der Waals surface area contributed by atoms with E-state index in [2.05, 4.69) is 6.92 Å². The van der Waals surface area contributed by atoms with Crippen molar-refractivity contribution in [3.05, 3.63) is 78.7 Å². The molecule has 1 radical (unpaired) electrons. The third-order valence-corrected chi connectivity index (χ3v) is 5.09. The maximum Gasteiger partial charge on any atom is 0.409 e. The highest BCUT2D eigenvalue weighted by molar-refractivity contribution is 5.81. The average Bonchev–Trinajstić information content (AvgIpc) is 2.69. The number of ether oxygens (including phenoxy) is 1. The smallest absolute Gasteiger partial charge is 0.409 e. The monoisotopic (exact) mass is 379 g/mol. The van der Waals surface area contributed by atoms with E-state index in [-0.39, 0.29) is 24.1 Å². The third-order valence-electron chi connectivity index (χ3n) is 5.09. The molecule has 0 aromatic heterocycles. The zero-order chi connectivity index (χ0) is 19.9. The van der Waals surface area contributed by atoms with Crippen LogP contribution in [-0.4, -0.2) is 53.6 Å². The Kier molecular flexibility index (Phi) is 6.69. The molecule has 147 valence electrons. The summed E-state index contributed by atoms with van der Waals surface area (Å²) in [5.74, 6) is -0.203. The molecule has 1 aliphatic rings. The molecular formula is C23H27N2O3. The van der Waals surface area contributed by atoms with Gasteiger partial charge in [0.15, 0.2) is 0 Å². The quantitative estimate of drug-likeness (QED) is 0.801. The molecule has 5 heteroatoms. The van der Waals surface area contributed by atoms with E-state index in [4.69, 9.17) is 4.74 Å². The number of rotatable bonds is 5. The molecule has 2 amide bonds. The molecule has 1 aliphatic heterocycles. The summed E-state index contributed by atoms with van der Waals surface area (Å²) >= 11 is 0. The fourth-order valence-electron chi connectivity index (χ4n) is 3.93. The van der Waals surface area contributed by atoms with Crippen molar-refractivity contribution in [3.8, 4) is 0 Å². The van der Waals surface area contributed by atoms with Crippen molar-refractivity contribution < 1.29 is 14.3 Å². The highest BCUT2D eigenvalue weighted by Crippen LogP contribution is 2.23. The molecule has 3 rings (SSSR count). The molecule has 0 saturated carbocycles. The van der Waals surface area contributed by atoms with Gasteiger partial charge < -0.3 is 14.5 Å². The van der Waals surface area contributed by atoms with Crippen molar-refractivity contribution >= 4 is 12.0 Å². The minimum atomic E-state index is -0.324. The summed E-state index contributed by atoms with van der Waals surface area (Å²) in [7, 11) is 0. The zero-order valence-corrected chi connectivity index (χ0v) is 16.3. The van der Waals surface area contributed by atoms with E-state index < -0.39 is 0 Å². The fourth-order valence-corrected chi connectivity index (χ4v) is 3.93. The molecule has 1 heterocycles. The molecule has 28 heavy (non-hydrogen) atoms. The van der Waals surface area contributed by atoms with Crippen molar-refractivity contribution in [2.45, 2.75) is 31.8 Å². The summed E-state index contributed by atoms with van der Waals surface area (Å²) in [5, 5.41) is 0. The van der Waals surface area contributed by atoms with Gasteiger partial charge >= 0.3 is 6.09 Å². The van der Waals surface area contributed by atoms with Gasteiger partial charge in [0, 0.05) is 20.0 Å². The van der Waals surface area contributed by atoms with Gasteiger partial charge in [-0.05, 0) is 30.9 Å². The predicted octanol–water partition coefficient (Wildman–Crippen LogP) is 3.34. The van der Waals surface area contributed by atoms with E-state index in [1.54, 1.807) is 11.8 Å². The highest BCUT2D eigenvalue weighted by Gasteiger charge is 2.38. The molecule has 2 aromatic rings. The van der Waals surface area contributed by atoms with Gasteiger partial charge in [-0.2, -0.15) is 0 Å². The highest BCUT2D eigenvalue weighted by atomic mass is 16.6. The Morgan fingerprint density at radius 3 is 1.79 bits per heavy atom. The van der Waals surface area contributed by atoms with Crippen LogP contribution in [0.5, 0.6) is 0 Å². The average molecular weight is 379 g/mol. The van der Waals surface area contributed by atoms with Crippen LogP contribution in [0.4, 0.5) is 4.79 Å². The Balaban J connectivity index is 1.87. The van der Waals surface area contributed by atoms with Crippen LogP contribution in [0.2, 0.25) is 0 Å². The Bertz CT molecular complexity index is 727. The fraction of sp³-hybridized carbons (Fsp3) is 0.348. The van der Waals surface area contributed by atoms with E-state index in [1.807, 2.05) is 65.6 Å². The standard InChI is InChI=1S/C23H27N2O3/c1-3-28-23(27)24-16-21(14-19-10-6-4-7-11-19)25(18(2)26)22(17-24)15-20-12-8-5-9-13-20/h4-13,21-22H,2-3,14-17H2,1H3. The Hall–Kier alpha value is -2.82. The van der Waals surface area contributed by atoms with E-state index in [0.717, 1.165) is 11.1 Å². The van der Waals surface area contributed by atoms with E-state index >= 15 is 0 Å². The second-order valence-corrected chi connectivity index (χ2v) is 7.09. The first-order valence-electron chi connectivity index (χ1n) is 9.72. The number of piperazine rings is 1. The number of amides is 2. The minimum absolute atomic E-state index is 0.140. The van der Waals surface area contributed by atoms with Crippen molar-refractivity contribution in [1.82, 2.24) is 9.80 Å². The topological polar surface area (TPSA) is 49.9 Å². The third kappa shape index (κ3) is 4.91. The molecule has 1 fully saturated rings. The normalized spacial score (nSPS) is 19.4. The number of carbonyl (C=O) groups excluding carboxylic acids is 2. The molecule has 1 saturated heterocycles. The molecule has 0 spiro atoms. The Morgan fingerprint density at radius 1 is 0.929 bits per heavy atom. The molecule has 0 aliphatic carbocycles. The first-order chi connectivity index (χ1) is 13.6. The number of benzene rings is 2. The molecule has 2 unspecified atom stereocenters. The predicted molar refractivity (Wildman–Crippen MR) is 109 cm³/mol. The molecule has 0 bridgehead atoms. The van der Waals surface area contributed by atoms with Gasteiger partial charge in [-0.3, -0.25) is 4.79 Å². The lowest BCUT2D eigenvalue weighted by atomic mass is 9.95. The van der Waals surface area contributed by atoms with Crippen LogP contribution in [0.1, 0.15) is 18.1 Å². The molecule has 2 atom stereocenters. The lowest BCUT2D eigenvalue weighted by Gasteiger charge is -2.46. The van der Waals surface area contributed by atoms with Crippen LogP contribution >= 0.6 is 0 Å². The summed E-state index contributed by atoms with van der Waals surface area (Å²) in [4.78, 5) is 28.5. The molecule has 5 nitrogen and oxygen atoms in total. The first-order valence-corrected chi connectivity index (χ1v) is 9.72. The van der Waals surface area contributed by atoms with Gasteiger partial charge in [-0.25, -0.2) is 4.79 Å². The van der Waals surface area contributed by atoms with Crippen molar-refractivity contribution in [3.63, 3.8) is 0 Å². The maximum absolute atomic E-state index is 12.5. The van der Waals surface area contributed by atoms with Crippen molar-refractivity contribution in [2.24, 2.45) is 0 Å². The van der Waals surface area contributed by atoms with Gasteiger partial charge in [0.2, 0.25) is 5.91 Å². The summed E-state index contributed by atoms with van der Waals surface area (Å²) in [6.45, 7) is 6.73. The number of carbonyl (C=O) groups is 2. The number of hydrogen-bond donors (Lipinski definition) is 0. The van der Waals surface area contributed by atoms with E-state index in [9.17, 15) is 9.59 Å². The van der Waals surface area contributed by atoms with Crippen LogP contribution in [0.15, 0.2) is 60.7 Å². The molecular weight excluding hydrogens is 352 g/mol. The van der Waals surface area contributed by atoms with Crippen LogP contribution in [0.25, 0.3) is 0 Å². The van der Waals surface area contributed by atoms with Gasteiger partial charge in [-0.15, -0.1) is 0 Å². The molecule has 2 aromatic carbocycles. The first kappa shape index (κ1) is 19.9. The minimum Gasteiger partial charge on any atom is -0.450 e. The Morgan fingerprint density at radius 2 is 1.39 bits per heavy atom. The van der Waals surface area contributed by atoms with Crippen LogP contribution in [-0.2, 0) is 22.4 Å². The van der Waals surface area contributed by atoms with Crippen LogP contribution in [0, 0.1) is 6.92 Å².